The lowest BCUT2D eigenvalue weighted by atomic mass is 10.2. The van der Waals surface area contributed by atoms with Crippen LogP contribution in [0.25, 0.3) is 0 Å². The van der Waals surface area contributed by atoms with Crippen molar-refractivity contribution < 1.29 is 23.1 Å². The van der Waals surface area contributed by atoms with E-state index in [-0.39, 0.29) is 36.8 Å². The first-order valence-corrected chi connectivity index (χ1v) is 6.64. The number of carboxylic acid groups (broad SMARTS) is 1. The van der Waals surface area contributed by atoms with Gasteiger partial charge >= 0.3 is 5.97 Å². The second-order valence-corrected chi connectivity index (χ2v) is 5.76. The Hall–Kier alpha value is -1.44. The number of carbonyl (C=O) groups excluding carboxylic acids is 1. The highest BCUT2D eigenvalue weighted by molar-refractivity contribution is 7.90. The van der Waals surface area contributed by atoms with Gasteiger partial charge in [0.05, 0.1) is 12.3 Å². The molecule has 0 unspecified atom stereocenters. The maximum Gasteiger partial charge on any atom is 0.352 e. The molecule has 0 atom stereocenters. The first-order chi connectivity index (χ1) is 7.29. The van der Waals surface area contributed by atoms with Crippen molar-refractivity contribution in [3.63, 3.8) is 0 Å². The number of hydrogen-bond donors (Lipinski definition) is 1. The highest BCUT2D eigenvalue weighted by Gasteiger charge is 2.24. The molecule has 1 heterocycles. The Kier molecular flexibility index (Phi) is 3.63. The average Bonchev–Trinajstić information content (AvgIpc) is 2.14. The number of sulfone groups is 1. The minimum atomic E-state index is -3.20. The van der Waals surface area contributed by atoms with Crippen LogP contribution in [0.15, 0.2) is 5.10 Å². The van der Waals surface area contributed by atoms with Crippen molar-refractivity contribution in [1.82, 2.24) is 5.01 Å². The normalized spacial score (nSPS) is 17.2. The van der Waals surface area contributed by atoms with Crippen LogP contribution in [0.1, 0.15) is 12.8 Å². The number of aliphatic carboxylic acids is 1. The summed E-state index contributed by atoms with van der Waals surface area (Å²) in [4.78, 5) is 21.9. The SMILES string of the molecule is CS(=O)(=O)CCN1N=C(C(=O)O)CCC1=O. The predicted molar refractivity (Wildman–Crippen MR) is 55.7 cm³/mol. The van der Waals surface area contributed by atoms with Gasteiger partial charge in [0.1, 0.15) is 15.5 Å². The highest BCUT2D eigenvalue weighted by Crippen LogP contribution is 2.09. The van der Waals surface area contributed by atoms with Crippen molar-refractivity contribution in [3.05, 3.63) is 0 Å². The summed E-state index contributed by atoms with van der Waals surface area (Å²) in [6.07, 6.45) is 1.18. The van der Waals surface area contributed by atoms with Gasteiger partial charge in [0, 0.05) is 19.1 Å². The third-order valence-electron chi connectivity index (χ3n) is 2.03. The van der Waals surface area contributed by atoms with E-state index in [4.69, 9.17) is 5.11 Å². The van der Waals surface area contributed by atoms with E-state index >= 15 is 0 Å². The molecule has 16 heavy (non-hydrogen) atoms. The van der Waals surface area contributed by atoms with Crippen molar-refractivity contribution in [2.24, 2.45) is 5.10 Å². The first kappa shape index (κ1) is 12.6. The zero-order valence-electron chi connectivity index (χ0n) is 8.71. The van der Waals surface area contributed by atoms with Crippen LogP contribution in [0.5, 0.6) is 0 Å². The Labute approximate surface area is 92.7 Å². The molecular weight excluding hydrogens is 236 g/mol. The van der Waals surface area contributed by atoms with Gasteiger partial charge in [0.25, 0.3) is 0 Å². The van der Waals surface area contributed by atoms with Gasteiger partial charge in [-0.1, -0.05) is 0 Å². The van der Waals surface area contributed by atoms with E-state index < -0.39 is 15.8 Å². The molecule has 0 radical (unpaired) electrons. The summed E-state index contributed by atoms with van der Waals surface area (Å²) in [6, 6.07) is 0. The lowest BCUT2D eigenvalue weighted by molar-refractivity contribution is -0.132. The Bertz CT molecular complexity index is 439. The number of hydrogen-bond acceptors (Lipinski definition) is 5. The van der Waals surface area contributed by atoms with Crippen molar-refractivity contribution in [1.29, 1.82) is 0 Å². The Morgan fingerprint density at radius 1 is 1.50 bits per heavy atom. The summed E-state index contributed by atoms with van der Waals surface area (Å²) in [5.41, 5.74) is -0.117. The quantitative estimate of drug-likeness (QED) is 0.693. The van der Waals surface area contributed by atoms with Crippen molar-refractivity contribution in [2.75, 3.05) is 18.6 Å². The molecule has 8 heteroatoms. The zero-order valence-corrected chi connectivity index (χ0v) is 9.53. The van der Waals surface area contributed by atoms with Crippen LogP contribution in [0.2, 0.25) is 0 Å². The zero-order chi connectivity index (χ0) is 12.3. The molecule has 0 aromatic carbocycles. The van der Waals surface area contributed by atoms with E-state index in [0.717, 1.165) is 11.3 Å². The van der Waals surface area contributed by atoms with Crippen LogP contribution < -0.4 is 0 Å². The molecule has 0 fully saturated rings. The van der Waals surface area contributed by atoms with Gasteiger partial charge in [-0.15, -0.1) is 0 Å². The third kappa shape index (κ3) is 3.61. The standard InChI is InChI=1S/C8H12N2O5S/c1-16(14,15)5-4-10-7(11)3-2-6(9-10)8(12)13/h2-5H2,1H3,(H,12,13). The van der Waals surface area contributed by atoms with Gasteiger partial charge in [-0.3, -0.25) is 4.79 Å². The van der Waals surface area contributed by atoms with Crippen LogP contribution in [-0.2, 0) is 19.4 Å². The molecule has 0 saturated heterocycles. The number of amides is 1. The van der Waals surface area contributed by atoms with Crippen LogP contribution >= 0.6 is 0 Å². The summed E-state index contributed by atoms with van der Waals surface area (Å²) in [7, 11) is -3.20. The van der Waals surface area contributed by atoms with Crippen LogP contribution in [0.4, 0.5) is 0 Å². The van der Waals surface area contributed by atoms with Crippen LogP contribution in [0.3, 0.4) is 0 Å². The van der Waals surface area contributed by atoms with E-state index in [1.54, 1.807) is 0 Å². The highest BCUT2D eigenvalue weighted by atomic mass is 32.2. The fourth-order valence-electron chi connectivity index (χ4n) is 1.18. The summed E-state index contributed by atoms with van der Waals surface area (Å²) in [5, 5.41) is 13.2. The molecule has 1 N–H and O–H groups in total. The summed E-state index contributed by atoms with van der Waals surface area (Å²) >= 11 is 0. The molecule has 0 aliphatic carbocycles. The summed E-state index contributed by atoms with van der Waals surface area (Å²) in [5.74, 6) is -1.76. The molecule has 1 amide bonds. The monoisotopic (exact) mass is 248 g/mol. The predicted octanol–water partition coefficient (Wildman–Crippen LogP) is -0.906. The van der Waals surface area contributed by atoms with Gasteiger partial charge in [-0.2, -0.15) is 5.10 Å². The minimum absolute atomic E-state index is 0.0505. The lowest BCUT2D eigenvalue weighted by Crippen LogP contribution is -2.36. The fourth-order valence-corrected chi connectivity index (χ4v) is 1.69. The van der Waals surface area contributed by atoms with Crippen LogP contribution in [0, 0.1) is 0 Å². The van der Waals surface area contributed by atoms with Gasteiger partial charge in [0.15, 0.2) is 0 Å². The molecule has 0 aromatic heterocycles. The summed E-state index contributed by atoms with van der Waals surface area (Å²) < 4.78 is 21.8. The Morgan fingerprint density at radius 3 is 2.62 bits per heavy atom. The topological polar surface area (TPSA) is 104 Å². The van der Waals surface area contributed by atoms with Crippen molar-refractivity contribution in [3.8, 4) is 0 Å². The largest absolute Gasteiger partial charge is 0.477 e. The average molecular weight is 248 g/mol. The van der Waals surface area contributed by atoms with Gasteiger partial charge in [-0.05, 0) is 0 Å². The Morgan fingerprint density at radius 2 is 2.12 bits per heavy atom. The number of carbonyl (C=O) groups is 2. The summed E-state index contributed by atoms with van der Waals surface area (Å²) in [6.45, 7) is -0.103. The number of hydrazone groups is 1. The van der Waals surface area contributed by atoms with E-state index in [9.17, 15) is 18.0 Å². The van der Waals surface area contributed by atoms with E-state index in [2.05, 4.69) is 5.10 Å². The molecule has 0 spiro atoms. The number of rotatable bonds is 4. The van der Waals surface area contributed by atoms with E-state index in [1.165, 1.54) is 0 Å². The molecule has 90 valence electrons. The van der Waals surface area contributed by atoms with Gasteiger partial charge in [-0.25, -0.2) is 18.2 Å². The lowest BCUT2D eigenvalue weighted by Gasteiger charge is -2.21. The van der Waals surface area contributed by atoms with Gasteiger partial charge < -0.3 is 5.11 Å². The molecular formula is C8H12N2O5S. The second-order valence-electron chi connectivity index (χ2n) is 3.50. The molecule has 7 nitrogen and oxygen atoms in total. The maximum absolute atomic E-state index is 11.3. The molecule has 0 bridgehead atoms. The molecule has 0 saturated carbocycles. The molecule has 1 rings (SSSR count). The van der Waals surface area contributed by atoms with Crippen molar-refractivity contribution >= 4 is 27.4 Å². The second kappa shape index (κ2) is 4.60. The molecule has 1 aliphatic heterocycles. The number of carboxylic acids is 1. The molecule has 1 aliphatic rings. The number of nitrogens with zero attached hydrogens (tertiary/aromatic N) is 2. The minimum Gasteiger partial charge on any atom is -0.477 e. The van der Waals surface area contributed by atoms with Gasteiger partial charge in [0.2, 0.25) is 5.91 Å². The first-order valence-electron chi connectivity index (χ1n) is 4.58. The maximum atomic E-state index is 11.3. The van der Waals surface area contributed by atoms with Crippen LogP contribution in [-0.4, -0.2) is 54.7 Å². The smallest absolute Gasteiger partial charge is 0.352 e. The van der Waals surface area contributed by atoms with Crippen molar-refractivity contribution in [2.45, 2.75) is 12.8 Å². The third-order valence-corrected chi connectivity index (χ3v) is 2.95. The van der Waals surface area contributed by atoms with E-state index in [1.807, 2.05) is 0 Å². The Balaban J connectivity index is 2.74. The fraction of sp³-hybridized carbons (Fsp3) is 0.625. The van der Waals surface area contributed by atoms with E-state index in [0.29, 0.717) is 0 Å². The molecule has 0 aromatic rings.